The maximum absolute atomic E-state index is 12.7. The Morgan fingerprint density at radius 1 is 1.19 bits per heavy atom. The van der Waals surface area contributed by atoms with Gasteiger partial charge in [-0.1, -0.05) is 24.2 Å². The molecule has 1 atom stereocenters. The molecule has 7 heteroatoms. The van der Waals surface area contributed by atoms with Gasteiger partial charge in [-0.15, -0.1) is 10.2 Å². The van der Waals surface area contributed by atoms with Gasteiger partial charge in [-0.2, -0.15) is 0 Å². The summed E-state index contributed by atoms with van der Waals surface area (Å²) >= 11 is 1.47. The number of benzene rings is 1. The fourth-order valence-electron chi connectivity index (χ4n) is 3.20. The highest BCUT2D eigenvalue weighted by Gasteiger charge is 2.21. The molecule has 134 valence electrons. The zero-order valence-electron chi connectivity index (χ0n) is 14.7. The summed E-state index contributed by atoms with van der Waals surface area (Å²) in [7, 11) is 0. The zero-order chi connectivity index (χ0) is 17.9. The fourth-order valence-corrected chi connectivity index (χ4v) is 4.10. The summed E-state index contributed by atoms with van der Waals surface area (Å²) in [5.74, 6) is 0.995. The van der Waals surface area contributed by atoms with Gasteiger partial charge in [0, 0.05) is 24.5 Å². The predicted octanol–water partition coefficient (Wildman–Crippen LogP) is 3.67. The van der Waals surface area contributed by atoms with Crippen LogP contribution >= 0.6 is 11.8 Å². The topological polar surface area (TPSA) is 72.7 Å². The van der Waals surface area contributed by atoms with Crippen LogP contribution in [0.2, 0.25) is 0 Å². The molecule has 3 aromatic rings. The van der Waals surface area contributed by atoms with E-state index in [1.54, 1.807) is 6.20 Å². The van der Waals surface area contributed by atoms with Gasteiger partial charge in [-0.25, -0.2) is 0 Å². The summed E-state index contributed by atoms with van der Waals surface area (Å²) in [6.07, 6.45) is 6.25. The first-order valence-electron chi connectivity index (χ1n) is 8.96. The van der Waals surface area contributed by atoms with Crippen molar-refractivity contribution in [3.8, 4) is 0 Å². The number of hydrogen-bond donors (Lipinski definition) is 1. The number of amides is 1. The lowest BCUT2D eigenvalue weighted by atomic mass is 10.2. The Bertz CT molecular complexity index is 933. The average Bonchev–Trinajstić information content (AvgIpc) is 2.88. The first-order chi connectivity index (χ1) is 12.7. The van der Waals surface area contributed by atoms with Gasteiger partial charge < -0.3 is 9.88 Å². The van der Waals surface area contributed by atoms with E-state index in [0.29, 0.717) is 0 Å². The second-order valence-corrected chi connectivity index (χ2v) is 7.79. The molecule has 6 nitrogen and oxygen atoms in total. The van der Waals surface area contributed by atoms with E-state index in [-0.39, 0.29) is 11.2 Å². The van der Waals surface area contributed by atoms with Crippen LogP contribution < -0.4 is 5.32 Å². The summed E-state index contributed by atoms with van der Waals surface area (Å²) in [6, 6.07) is 9.59. The molecule has 1 aliphatic rings. The second-order valence-electron chi connectivity index (χ2n) is 6.49. The molecular weight excluding hydrogens is 346 g/mol. The van der Waals surface area contributed by atoms with Crippen molar-refractivity contribution >= 4 is 34.3 Å². The molecule has 0 radical (unpaired) electrons. The summed E-state index contributed by atoms with van der Waals surface area (Å²) in [6.45, 7) is 2.84. The molecule has 3 heterocycles. The summed E-state index contributed by atoms with van der Waals surface area (Å²) in [4.78, 5) is 17.0. The molecule has 4 rings (SSSR count). The van der Waals surface area contributed by atoms with E-state index in [2.05, 4.69) is 25.1 Å². The highest BCUT2D eigenvalue weighted by molar-refractivity contribution is 8.00. The Labute approximate surface area is 156 Å². The third-order valence-corrected chi connectivity index (χ3v) is 5.71. The van der Waals surface area contributed by atoms with E-state index in [1.807, 2.05) is 37.3 Å². The third kappa shape index (κ3) is 3.44. The number of carbonyl (C=O) groups is 1. The van der Waals surface area contributed by atoms with Gasteiger partial charge in [0.15, 0.2) is 5.16 Å². The van der Waals surface area contributed by atoms with Crippen LogP contribution in [0.4, 0.5) is 5.69 Å². The molecule has 0 saturated carbocycles. The first kappa shape index (κ1) is 17.0. The van der Waals surface area contributed by atoms with Crippen LogP contribution in [0, 0.1) is 0 Å². The Hall–Kier alpha value is -2.41. The van der Waals surface area contributed by atoms with Crippen molar-refractivity contribution in [1.29, 1.82) is 0 Å². The Morgan fingerprint density at radius 2 is 2.12 bits per heavy atom. The van der Waals surface area contributed by atoms with E-state index in [9.17, 15) is 4.79 Å². The fraction of sp³-hybridized carbons (Fsp3) is 0.368. The number of pyridine rings is 1. The number of carbonyl (C=O) groups excluding carboxylic acids is 1. The number of hydrogen-bond acceptors (Lipinski definition) is 5. The molecule has 0 aliphatic carbocycles. The van der Waals surface area contributed by atoms with Crippen LogP contribution in [0.25, 0.3) is 10.9 Å². The minimum atomic E-state index is -0.265. The highest BCUT2D eigenvalue weighted by atomic mass is 32.2. The first-order valence-corrected chi connectivity index (χ1v) is 9.84. The van der Waals surface area contributed by atoms with E-state index in [0.717, 1.165) is 53.4 Å². The quantitative estimate of drug-likeness (QED) is 0.712. The van der Waals surface area contributed by atoms with Gasteiger partial charge in [-0.05, 0) is 44.0 Å². The minimum Gasteiger partial charge on any atom is -0.324 e. The second kappa shape index (κ2) is 7.45. The smallest absolute Gasteiger partial charge is 0.237 e. The molecule has 1 amide bonds. The molecule has 0 bridgehead atoms. The van der Waals surface area contributed by atoms with E-state index < -0.39 is 0 Å². The van der Waals surface area contributed by atoms with E-state index in [1.165, 1.54) is 18.2 Å². The van der Waals surface area contributed by atoms with E-state index >= 15 is 0 Å². The number of nitrogens with one attached hydrogen (secondary N) is 1. The number of nitrogens with zero attached hydrogens (tertiary/aromatic N) is 4. The molecule has 1 N–H and O–H groups in total. The third-order valence-electron chi connectivity index (χ3n) is 4.63. The van der Waals surface area contributed by atoms with Gasteiger partial charge in [-0.3, -0.25) is 9.78 Å². The molecule has 0 saturated heterocycles. The maximum atomic E-state index is 12.7. The number of rotatable bonds is 4. The largest absolute Gasteiger partial charge is 0.324 e. The lowest BCUT2D eigenvalue weighted by molar-refractivity contribution is -0.115. The Balaban J connectivity index is 1.49. The SMILES string of the molecule is C[C@H](Sc1nnc2n1CCCCC2)C(=O)Nc1cccc2ncccc12. The average molecular weight is 367 g/mol. The lowest BCUT2D eigenvalue weighted by Crippen LogP contribution is -2.23. The van der Waals surface area contributed by atoms with Crippen LogP contribution in [0.5, 0.6) is 0 Å². The van der Waals surface area contributed by atoms with Gasteiger partial charge in [0.25, 0.3) is 0 Å². The monoisotopic (exact) mass is 367 g/mol. The van der Waals surface area contributed by atoms with Crippen LogP contribution in [0.3, 0.4) is 0 Å². The van der Waals surface area contributed by atoms with Crippen LogP contribution in [0.15, 0.2) is 41.7 Å². The molecule has 1 aliphatic heterocycles. The number of fused-ring (bicyclic) bond motifs is 2. The molecule has 2 aromatic heterocycles. The van der Waals surface area contributed by atoms with Crippen molar-refractivity contribution in [1.82, 2.24) is 19.7 Å². The molecule has 1 aromatic carbocycles. The predicted molar refractivity (Wildman–Crippen MR) is 103 cm³/mol. The van der Waals surface area contributed by atoms with Gasteiger partial charge in [0.2, 0.25) is 5.91 Å². The Kier molecular flexibility index (Phi) is 4.88. The maximum Gasteiger partial charge on any atom is 0.237 e. The van der Waals surface area contributed by atoms with Gasteiger partial charge in [0.1, 0.15) is 5.82 Å². The lowest BCUT2D eigenvalue weighted by Gasteiger charge is -2.14. The standard InChI is InChI=1S/C19H21N5OS/c1-13(26-19-23-22-17-10-3-2-4-12-24(17)19)18(25)21-16-9-5-8-15-14(16)7-6-11-20-15/h5-9,11,13H,2-4,10,12H2,1H3,(H,21,25)/t13-/m0/s1. The number of aryl methyl sites for hydroxylation is 1. The van der Waals surface area contributed by atoms with Gasteiger partial charge in [0.05, 0.1) is 16.5 Å². The van der Waals surface area contributed by atoms with Crippen LogP contribution in [0.1, 0.15) is 32.0 Å². The van der Waals surface area contributed by atoms with Crippen molar-refractivity contribution in [2.24, 2.45) is 0 Å². The normalized spacial score (nSPS) is 15.3. The van der Waals surface area contributed by atoms with Gasteiger partial charge >= 0.3 is 0 Å². The number of thioether (sulfide) groups is 1. The summed E-state index contributed by atoms with van der Waals surface area (Å²) in [5.41, 5.74) is 1.65. The van der Waals surface area contributed by atoms with Crippen molar-refractivity contribution in [3.63, 3.8) is 0 Å². The Morgan fingerprint density at radius 3 is 3.04 bits per heavy atom. The van der Waals surface area contributed by atoms with Crippen molar-refractivity contribution < 1.29 is 4.79 Å². The van der Waals surface area contributed by atoms with E-state index in [4.69, 9.17) is 0 Å². The van der Waals surface area contributed by atoms with Crippen molar-refractivity contribution in [3.05, 3.63) is 42.4 Å². The number of anilines is 1. The molecule has 0 fully saturated rings. The number of aromatic nitrogens is 4. The molecule has 0 spiro atoms. The molecule has 26 heavy (non-hydrogen) atoms. The van der Waals surface area contributed by atoms with Crippen molar-refractivity contribution in [2.45, 2.75) is 49.6 Å². The zero-order valence-corrected chi connectivity index (χ0v) is 15.5. The minimum absolute atomic E-state index is 0.0441. The summed E-state index contributed by atoms with van der Waals surface area (Å²) < 4.78 is 2.17. The summed E-state index contributed by atoms with van der Waals surface area (Å²) in [5, 5.41) is 13.2. The molecular formula is C19H21N5OS. The molecule has 0 unspecified atom stereocenters. The highest BCUT2D eigenvalue weighted by Crippen LogP contribution is 2.27. The van der Waals surface area contributed by atoms with Crippen molar-refractivity contribution in [2.75, 3.05) is 5.32 Å². The van der Waals surface area contributed by atoms with Crippen LogP contribution in [-0.2, 0) is 17.8 Å². The van der Waals surface area contributed by atoms with Crippen LogP contribution in [-0.4, -0.2) is 30.9 Å².